The molecular weight excluding hydrogens is 692 g/mol. The van der Waals surface area contributed by atoms with E-state index in [1.165, 1.54) is 4.90 Å². The summed E-state index contributed by atoms with van der Waals surface area (Å²) < 4.78 is 5.42. The molecule has 1 saturated heterocycles. The summed E-state index contributed by atoms with van der Waals surface area (Å²) in [5.41, 5.74) is -0.214. The fourth-order valence-corrected chi connectivity index (χ4v) is 8.19. The average molecular weight is 753 g/mol. The van der Waals surface area contributed by atoms with Crippen molar-refractivity contribution in [1.29, 1.82) is 0 Å². The first-order chi connectivity index (χ1) is 25.4. The van der Waals surface area contributed by atoms with Crippen LogP contribution in [0, 0.1) is 28.6 Å². The number of amides is 6. The van der Waals surface area contributed by atoms with Gasteiger partial charge in [0.2, 0.25) is 29.4 Å². The third-order valence-electron chi connectivity index (χ3n) is 11.5. The molecule has 14 nitrogen and oxygen atoms in total. The van der Waals surface area contributed by atoms with Crippen molar-refractivity contribution < 1.29 is 38.3 Å². The van der Waals surface area contributed by atoms with Crippen molar-refractivity contribution in [3.63, 3.8) is 0 Å². The lowest BCUT2D eigenvalue weighted by molar-refractivity contribution is -0.146. The Morgan fingerprint density at radius 1 is 0.926 bits per heavy atom. The third-order valence-corrected chi connectivity index (χ3v) is 11.5. The number of Topliss-reactive ketones (excluding diaryl/α,β-unsaturated/α-hetero) is 1. The molecule has 1 unspecified atom stereocenters. The molecule has 14 heteroatoms. The van der Waals surface area contributed by atoms with Crippen LogP contribution in [0.2, 0.25) is 0 Å². The first-order valence-electron chi connectivity index (χ1n) is 19.3. The number of nitrogens with one attached hydrogen (secondary N) is 4. The van der Waals surface area contributed by atoms with Gasteiger partial charge in [0.05, 0.1) is 19.2 Å². The molecule has 298 valence electrons. The second-order valence-corrected chi connectivity index (χ2v) is 16.7. The monoisotopic (exact) mass is 752 g/mol. The van der Waals surface area contributed by atoms with Gasteiger partial charge in [0.1, 0.15) is 18.1 Å². The lowest BCUT2D eigenvalue weighted by Gasteiger charge is -2.43. The molecule has 6 atom stereocenters. The second-order valence-electron chi connectivity index (χ2n) is 16.7. The van der Waals surface area contributed by atoms with Gasteiger partial charge in [0, 0.05) is 20.6 Å². The van der Waals surface area contributed by atoms with Crippen LogP contribution in [0.4, 0.5) is 4.79 Å². The molecule has 1 aromatic carbocycles. The summed E-state index contributed by atoms with van der Waals surface area (Å²) in [6.07, 6.45) is 4.27. The molecule has 1 aliphatic heterocycles. The van der Waals surface area contributed by atoms with Gasteiger partial charge in [-0.1, -0.05) is 97.6 Å². The Morgan fingerprint density at radius 3 is 2.17 bits per heavy atom. The number of rotatable bonds is 16. The molecule has 4 rings (SSSR count). The van der Waals surface area contributed by atoms with Gasteiger partial charge >= 0.3 is 6.09 Å². The van der Waals surface area contributed by atoms with Crippen molar-refractivity contribution >= 4 is 41.4 Å². The first-order valence-corrected chi connectivity index (χ1v) is 19.3. The topological polar surface area (TPSA) is 183 Å². The standard InChI is InChI=1S/C40H60N6O8/c1-9-16-27(32(48)35(50)41-21-28(47)43-30(36(51)45(7)8)25-17-12-10-13-18-25)42-34(49)31-29-26(39(29,4)5)22-46(31)37(52)33(40(6)19-14-11-15-20-40)44-38(53)54-23-24(2)3/h10,12-13,17-18,24,26-27,29-31,33H,9,11,14-16,19-23H2,1-8H3,(H,41,50)(H,42,49)(H,43,47)(H,44,53)/t26-,27-,29?,30+,31+,33-/m1/s1. The number of carbonyl (C=O) groups excluding carboxylic acids is 7. The predicted octanol–water partition coefficient (Wildman–Crippen LogP) is 3.11. The van der Waals surface area contributed by atoms with Crippen LogP contribution in [0.5, 0.6) is 0 Å². The molecule has 0 bridgehead atoms. The summed E-state index contributed by atoms with van der Waals surface area (Å²) in [5.74, 6) is -3.94. The number of ether oxygens (including phenoxy) is 1. The molecule has 2 saturated carbocycles. The molecule has 4 N–H and O–H groups in total. The van der Waals surface area contributed by atoms with Crippen LogP contribution in [0.15, 0.2) is 30.3 Å². The Balaban J connectivity index is 1.47. The zero-order valence-electron chi connectivity index (χ0n) is 33.2. The molecule has 0 radical (unpaired) electrons. The summed E-state index contributed by atoms with van der Waals surface area (Å²) in [7, 11) is 3.13. The number of likely N-dealkylation sites (tertiary alicyclic amines) is 1. The van der Waals surface area contributed by atoms with Gasteiger partial charge in [-0.05, 0) is 53.4 Å². The van der Waals surface area contributed by atoms with Crippen LogP contribution in [0.3, 0.4) is 0 Å². The fraction of sp³-hybridized carbons (Fsp3) is 0.675. The normalized spacial score (nSPS) is 22.5. The minimum atomic E-state index is -1.20. The molecule has 0 spiro atoms. The summed E-state index contributed by atoms with van der Waals surface area (Å²) in [4.78, 5) is 97.0. The predicted molar refractivity (Wildman–Crippen MR) is 201 cm³/mol. The number of nitrogens with zero attached hydrogens (tertiary/aromatic N) is 2. The van der Waals surface area contributed by atoms with E-state index in [0.29, 0.717) is 18.5 Å². The van der Waals surface area contributed by atoms with Gasteiger partial charge in [-0.15, -0.1) is 0 Å². The molecular formula is C40H60N6O8. The van der Waals surface area contributed by atoms with Gasteiger partial charge in [-0.3, -0.25) is 28.8 Å². The SMILES string of the molecule is CCC[C@@H](NC(=O)[C@@H]1C2[C@@H](CN1C(=O)[C@@H](NC(=O)OCC(C)C)C1(C)CCCCC1)C2(C)C)C(=O)C(=O)NCC(=O)N[C@H](C(=O)N(C)C)c1ccccc1. The number of benzene rings is 1. The van der Waals surface area contributed by atoms with E-state index in [2.05, 4.69) is 21.3 Å². The molecule has 3 aliphatic rings. The molecule has 1 aromatic rings. The number of ketones is 1. The smallest absolute Gasteiger partial charge is 0.407 e. The van der Waals surface area contributed by atoms with E-state index in [1.807, 2.05) is 41.5 Å². The maximum Gasteiger partial charge on any atom is 0.407 e. The maximum atomic E-state index is 14.5. The number of carbonyl (C=O) groups is 7. The second kappa shape index (κ2) is 17.8. The van der Waals surface area contributed by atoms with Crippen LogP contribution in [-0.4, -0.2) is 103 Å². The fourth-order valence-electron chi connectivity index (χ4n) is 8.19. The highest BCUT2D eigenvalue weighted by Crippen LogP contribution is 2.65. The minimum absolute atomic E-state index is 0.0473. The molecule has 1 heterocycles. The quantitative estimate of drug-likeness (QED) is 0.186. The van der Waals surface area contributed by atoms with Gasteiger partial charge in [-0.25, -0.2) is 4.79 Å². The lowest BCUT2D eigenvalue weighted by Crippen LogP contribution is -2.61. The number of piperidine rings is 1. The van der Waals surface area contributed by atoms with Crippen LogP contribution >= 0.6 is 0 Å². The Morgan fingerprint density at radius 2 is 1.57 bits per heavy atom. The van der Waals surface area contributed by atoms with E-state index in [0.717, 1.165) is 32.1 Å². The number of likely N-dealkylation sites (N-methyl/N-ethyl adjacent to an activating group) is 1. The van der Waals surface area contributed by atoms with Crippen LogP contribution in [0.25, 0.3) is 0 Å². The van der Waals surface area contributed by atoms with Crippen molar-refractivity contribution in [1.82, 2.24) is 31.1 Å². The molecule has 3 fully saturated rings. The van der Waals surface area contributed by atoms with Crippen molar-refractivity contribution in [2.24, 2.45) is 28.6 Å². The van der Waals surface area contributed by atoms with Gasteiger partial charge in [0.15, 0.2) is 0 Å². The van der Waals surface area contributed by atoms with E-state index >= 15 is 0 Å². The van der Waals surface area contributed by atoms with E-state index in [9.17, 15) is 33.6 Å². The van der Waals surface area contributed by atoms with Crippen LogP contribution < -0.4 is 21.3 Å². The Labute approximate surface area is 319 Å². The van der Waals surface area contributed by atoms with Crippen molar-refractivity contribution in [3.8, 4) is 0 Å². The number of fused-ring (bicyclic) bond motifs is 1. The zero-order chi connectivity index (χ0) is 40.0. The largest absolute Gasteiger partial charge is 0.449 e. The first kappa shape index (κ1) is 42.3. The van der Waals surface area contributed by atoms with Gasteiger partial charge < -0.3 is 35.8 Å². The van der Waals surface area contributed by atoms with Crippen LogP contribution in [0.1, 0.15) is 98.1 Å². The molecule has 54 heavy (non-hydrogen) atoms. The van der Waals surface area contributed by atoms with E-state index in [-0.39, 0.29) is 48.0 Å². The van der Waals surface area contributed by atoms with Gasteiger partial charge in [-0.2, -0.15) is 0 Å². The molecule has 0 aromatic heterocycles. The summed E-state index contributed by atoms with van der Waals surface area (Å²) in [6.45, 7) is 11.7. The number of alkyl carbamates (subject to hydrolysis) is 1. The average Bonchev–Trinajstić information content (AvgIpc) is 3.43. The van der Waals surface area contributed by atoms with Gasteiger partial charge in [0.25, 0.3) is 5.91 Å². The lowest BCUT2D eigenvalue weighted by atomic mass is 9.70. The highest BCUT2D eigenvalue weighted by molar-refractivity contribution is 6.38. The zero-order valence-corrected chi connectivity index (χ0v) is 33.2. The van der Waals surface area contributed by atoms with E-state index < -0.39 is 65.7 Å². The number of hydrogen-bond donors (Lipinski definition) is 4. The summed E-state index contributed by atoms with van der Waals surface area (Å²) in [5, 5.41) is 10.6. The maximum absolute atomic E-state index is 14.5. The van der Waals surface area contributed by atoms with E-state index in [1.54, 1.807) is 49.3 Å². The highest BCUT2D eigenvalue weighted by atomic mass is 16.5. The van der Waals surface area contributed by atoms with Crippen LogP contribution in [-0.2, 0) is 33.5 Å². The van der Waals surface area contributed by atoms with E-state index in [4.69, 9.17) is 4.74 Å². The minimum Gasteiger partial charge on any atom is -0.449 e. The Kier molecular flexibility index (Phi) is 13.9. The van der Waals surface area contributed by atoms with Crippen molar-refractivity contribution in [2.75, 3.05) is 33.8 Å². The van der Waals surface area contributed by atoms with Crippen molar-refractivity contribution in [3.05, 3.63) is 35.9 Å². The highest BCUT2D eigenvalue weighted by Gasteiger charge is 2.70. The summed E-state index contributed by atoms with van der Waals surface area (Å²) >= 11 is 0. The molecule has 2 aliphatic carbocycles. The molecule has 6 amide bonds. The number of hydrogen-bond acceptors (Lipinski definition) is 8. The Hall–Kier alpha value is -4.49. The summed E-state index contributed by atoms with van der Waals surface area (Å²) in [6, 6.07) is 4.64. The Bertz CT molecular complexity index is 1560. The third kappa shape index (κ3) is 9.78. The van der Waals surface area contributed by atoms with Crippen molar-refractivity contribution in [2.45, 2.75) is 111 Å².